The van der Waals surface area contributed by atoms with Gasteiger partial charge in [-0.15, -0.1) is 0 Å². The van der Waals surface area contributed by atoms with Gasteiger partial charge in [0.25, 0.3) is 0 Å². The molecule has 4 atom stereocenters. The molecule has 1 aliphatic heterocycles. The lowest BCUT2D eigenvalue weighted by Crippen LogP contribution is -2.50. The molecule has 0 radical (unpaired) electrons. The highest BCUT2D eigenvalue weighted by molar-refractivity contribution is 7.92. The Bertz CT molecular complexity index is 418. The second-order valence-corrected chi connectivity index (χ2v) is 8.98. The number of hydrogen-bond acceptors (Lipinski definition) is 4. The maximum atomic E-state index is 12.9. The van der Waals surface area contributed by atoms with Crippen LogP contribution in [0.3, 0.4) is 0 Å². The van der Waals surface area contributed by atoms with Crippen LogP contribution in [0.15, 0.2) is 0 Å². The fourth-order valence-electron chi connectivity index (χ4n) is 3.69. The summed E-state index contributed by atoms with van der Waals surface area (Å²) in [4.78, 5) is 0. The van der Waals surface area contributed by atoms with Gasteiger partial charge in [0.2, 0.25) is 0 Å². The van der Waals surface area contributed by atoms with Crippen LogP contribution in [0.4, 0.5) is 0 Å². The highest BCUT2D eigenvalue weighted by Gasteiger charge is 2.51. The van der Waals surface area contributed by atoms with Gasteiger partial charge in [-0.3, -0.25) is 0 Å². The quantitative estimate of drug-likeness (QED) is 0.856. The molecule has 1 heterocycles. The minimum Gasteiger partial charge on any atom is -0.377 e. The fraction of sp³-hybridized carbons (Fsp3) is 1.00. The summed E-state index contributed by atoms with van der Waals surface area (Å²) in [5.41, 5.74) is 0.0520. The summed E-state index contributed by atoms with van der Waals surface area (Å²) in [6, 6.07) is 0.0651. The van der Waals surface area contributed by atoms with E-state index in [0.717, 1.165) is 19.4 Å². The average molecular weight is 289 g/mol. The Labute approximate surface area is 117 Å². The molecule has 4 nitrogen and oxygen atoms in total. The van der Waals surface area contributed by atoms with Crippen LogP contribution in [0.2, 0.25) is 0 Å². The largest absolute Gasteiger partial charge is 0.377 e. The minimum absolute atomic E-state index is 0.0520. The molecule has 2 fully saturated rings. The van der Waals surface area contributed by atoms with Crippen molar-refractivity contribution in [3.05, 3.63) is 0 Å². The third kappa shape index (κ3) is 2.69. The molecule has 1 N–H and O–H groups in total. The maximum Gasteiger partial charge on any atom is 0.160 e. The molecule has 1 aliphatic carbocycles. The van der Waals surface area contributed by atoms with Gasteiger partial charge in [0.1, 0.15) is 0 Å². The van der Waals surface area contributed by atoms with Crippen molar-refractivity contribution < 1.29 is 13.2 Å². The average Bonchev–Trinajstić information content (AvgIpc) is 2.85. The Morgan fingerprint density at radius 3 is 2.47 bits per heavy atom. The third-order valence-corrected chi connectivity index (χ3v) is 7.68. The van der Waals surface area contributed by atoms with Crippen LogP contribution in [0.5, 0.6) is 0 Å². The van der Waals surface area contributed by atoms with Crippen molar-refractivity contribution in [2.45, 2.75) is 69.6 Å². The van der Waals surface area contributed by atoms with Gasteiger partial charge in [0, 0.05) is 12.6 Å². The zero-order chi connectivity index (χ0) is 14.3. The summed E-state index contributed by atoms with van der Waals surface area (Å²) in [6.07, 6.45) is 2.24. The normalized spacial score (nSPS) is 38.7. The summed E-state index contributed by atoms with van der Waals surface area (Å²) in [5.74, 6) is 0. The first kappa shape index (κ1) is 15.3. The van der Waals surface area contributed by atoms with Crippen molar-refractivity contribution in [3.63, 3.8) is 0 Å². The van der Waals surface area contributed by atoms with Crippen molar-refractivity contribution in [1.29, 1.82) is 0 Å². The Morgan fingerprint density at radius 1 is 1.26 bits per heavy atom. The van der Waals surface area contributed by atoms with E-state index in [9.17, 15) is 8.42 Å². The molecule has 2 aliphatic rings. The van der Waals surface area contributed by atoms with E-state index >= 15 is 0 Å². The summed E-state index contributed by atoms with van der Waals surface area (Å²) in [7, 11) is -3.12. The topological polar surface area (TPSA) is 55.4 Å². The second kappa shape index (κ2) is 5.34. The first-order chi connectivity index (χ1) is 8.80. The van der Waals surface area contributed by atoms with E-state index in [-0.39, 0.29) is 28.1 Å². The number of hydrogen-bond donors (Lipinski definition) is 1. The predicted molar refractivity (Wildman–Crippen MR) is 77.0 cm³/mol. The molecule has 0 spiro atoms. The second-order valence-electron chi connectivity index (χ2n) is 6.59. The van der Waals surface area contributed by atoms with E-state index in [0.29, 0.717) is 13.0 Å². The van der Waals surface area contributed by atoms with E-state index in [2.05, 4.69) is 19.2 Å². The first-order valence-corrected chi connectivity index (χ1v) is 8.99. The Hall–Kier alpha value is -0.130. The molecule has 0 amide bonds. The maximum absolute atomic E-state index is 12.9. The monoisotopic (exact) mass is 289 g/mol. The van der Waals surface area contributed by atoms with Gasteiger partial charge in [0.05, 0.1) is 16.6 Å². The van der Waals surface area contributed by atoms with Crippen LogP contribution in [-0.2, 0) is 14.6 Å². The van der Waals surface area contributed by atoms with E-state index in [1.165, 1.54) is 0 Å². The lowest BCUT2D eigenvalue weighted by molar-refractivity contribution is 0.126. The molecular weight excluding hydrogens is 262 g/mol. The molecule has 0 aromatic heterocycles. The van der Waals surface area contributed by atoms with E-state index < -0.39 is 9.84 Å². The van der Waals surface area contributed by atoms with Crippen molar-refractivity contribution in [3.8, 4) is 0 Å². The highest BCUT2D eigenvalue weighted by Crippen LogP contribution is 2.42. The predicted octanol–water partition coefficient (Wildman–Crippen LogP) is 1.75. The van der Waals surface area contributed by atoms with E-state index in [4.69, 9.17) is 4.74 Å². The number of nitrogens with one attached hydrogen (secondary N) is 1. The van der Waals surface area contributed by atoms with E-state index in [1.54, 1.807) is 0 Å². The van der Waals surface area contributed by atoms with Gasteiger partial charge in [-0.05, 0) is 38.1 Å². The van der Waals surface area contributed by atoms with Crippen LogP contribution < -0.4 is 5.32 Å². The smallest absolute Gasteiger partial charge is 0.160 e. The van der Waals surface area contributed by atoms with Gasteiger partial charge in [-0.2, -0.15) is 0 Å². The van der Waals surface area contributed by atoms with Gasteiger partial charge in [-0.25, -0.2) is 8.42 Å². The Balaban J connectivity index is 2.24. The minimum atomic E-state index is -3.12. The summed E-state index contributed by atoms with van der Waals surface area (Å²) < 4.78 is 31.3. The molecule has 19 heavy (non-hydrogen) atoms. The molecule has 0 bridgehead atoms. The van der Waals surface area contributed by atoms with Crippen molar-refractivity contribution >= 4 is 9.84 Å². The summed E-state index contributed by atoms with van der Waals surface area (Å²) >= 11 is 0. The molecule has 5 heteroatoms. The Kier molecular flexibility index (Phi) is 4.29. The van der Waals surface area contributed by atoms with Crippen molar-refractivity contribution in [2.24, 2.45) is 5.41 Å². The van der Waals surface area contributed by atoms with Crippen LogP contribution >= 0.6 is 0 Å². The number of ether oxygens (including phenoxy) is 1. The van der Waals surface area contributed by atoms with Crippen molar-refractivity contribution in [1.82, 2.24) is 5.32 Å². The molecule has 0 aromatic carbocycles. The van der Waals surface area contributed by atoms with Gasteiger partial charge >= 0.3 is 0 Å². The third-order valence-electron chi connectivity index (χ3n) is 4.86. The molecule has 2 rings (SSSR count). The van der Waals surface area contributed by atoms with Crippen LogP contribution in [-0.4, -0.2) is 44.2 Å². The number of sulfone groups is 1. The highest BCUT2D eigenvalue weighted by atomic mass is 32.2. The molecule has 4 unspecified atom stereocenters. The van der Waals surface area contributed by atoms with E-state index in [1.807, 2.05) is 13.8 Å². The molecule has 1 saturated heterocycles. The lowest BCUT2D eigenvalue weighted by atomic mass is 9.87. The standard InChI is InChI=1S/C14H27NO3S/c1-5-15-13-12(6-8-14(13,3)4)19(16,17)11-7-9-18-10(11)2/h10-13,15H,5-9H2,1-4H3. The van der Waals surface area contributed by atoms with Crippen molar-refractivity contribution in [2.75, 3.05) is 13.2 Å². The van der Waals surface area contributed by atoms with Gasteiger partial charge in [0.15, 0.2) is 9.84 Å². The number of rotatable bonds is 4. The summed E-state index contributed by atoms with van der Waals surface area (Å²) in [6.45, 7) is 9.66. The van der Waals surface area contributed by atoms with Gasteiger partial charge < -0.3 is 10.1 Å². The Morgan fingerprint density at radius 2 is 1.95 bits per heavy atom. The van der Waals surface area contributed by atoms with Crippen LogP contribution in [0.25, 0.3) is 0 Å². The molecule has 1 saturated carbocycles. The fourth-order valence-corrected chi connectivity index (χ4v) is 6.47. The molecule has 112 valence electrons. The zero-order valence-electron chi connectivity index (χ0n) is 12.5. The van der Waals surface area contributed by atoms with Gasteiger partial charge in [-0.1, -0.05) is 20.8 Å². The first-order valence-electron chi connectivity index (χ1n) is 7.38. The SMILES string of the molecule is CCNC1C(S(=O)(=O)C2CCOC2C)CCC1(C)C. The van der Waals surface area contributed by atoms with Crippen LogP contribution in [0, 0.1) is 5.41 Å². The molecular formula is C14H27NO3S. The summed E-state index contributed by atoms with van der Waals surface area (Å²) in [5, 5.41) is 2.84. The molecule has 0 aromatic rings. The lowest BCUT2D eigenvalue weighted by Gasteiger charge is -2.32. The van der Waals surface area contributed by atoms with Crippen LogP contribution in [0.1, 0.15) is 47.0 Å². The zero-order valence-corrected chi connectivity index (χ0v) is 13.3.